The maximum atomic E-state index is 4.56. The number of guanidine groups is 1. The highest BCUT2D eigenvalue weighted by Crippen LogP contribution is 2.13. The van der Waals surface area contributed by atoms with Gasteiger partial charge in [-0.1, -0.05) is 13.8 Å². The third-order valence-electron chi connectivity index (χ3n) is 2.66. The van der Waals surface area contributed by atoms with Gasteiger partial charge in [-0.15, -0.1) is 35.3 Å². The van der Waals surface area contributed by atoms with E-state index in [-0.39, 0.29) is 24.0 Å². The summed E-state index contributed by atoms with van der Waals surface area (Å²) in [7, 11) is 0. The highest BCUT2D eigenvalue weighted by Gasteiger charge is 2.04. The molecule has 1 aromatic heterocycles. The zero-order valence-corrected chi connectivity index (χ0v) is 15.3. The average molecular weight is 396 g/mol. The molecule has 0 aliphatic heterocycles. The quantitative estimate of drug-likeness (QED) is 0.441. The molecule has 0 saturated carbocycles. The van der Waals surface area contributed by atoms with Crippen molar-refractivity contribution in [3.05, 3.63) is 16.1 Å². The van der Waals surface area contributed by atoms with Gasteiger partial charge in [0.15, 0.2) is 5.96 Å². The van der Waals surface area contributed by atoms with Crippen LogP contribution in [0.3, 0.4) is 0 Å². The molecule has 2 N–H and O–H groups in total. The van der Waals surface area contributed by atoms with E-state index in [0.29, 0.717) is 12.6 Å². The highest BCUT2D eigenvalue weighted by atomic mass is 127. The van der Waals surface area contributed by atoms with E-state index in [9.17, 15) is 0 Å². The van der Waals surface area contributed by atoms with E-state index in [1.165, 1.54) is 4.88 Å². The minimum absolute atomic E-state index is 0. The van der Waals surface area contributed by atoms with Crippen molar-refractivity contribution in [2.75, 3.05) is 6.54 Å². The molecule has 4 nitrogen and oxygen atoms in total. The minimum atomic E-state index is 0. The molecule has 1 heterocycles. The molecule has 0 aromatic carbocycles. The molecule has 0 amide bonds. The van der Waals surface area contributed by atoms with E-state index in [1.807, 2.05) is 6.20 Å². The number of nitrogens with one attached hydrogen (secondary N) is 2. The second-order valence-corrected chi connectivity index (χ2v) is 5.42. The molecule has 0 bridgehead atoms. The van der Waals surface area contributed by atoms with Crippen molar-refractivity contribution >= 4 is 41.3 Å². The summed E-state index contributed by atoms with van der Waals surface area (Å²) in [5, 5.41) is 7.71. The average Bonchev–Trinajstić information content (AvgIpc) is 2.84. The molecule has 0 aliphatic carbocycles. The predicted octanol–water partition coefficient (Wildman–Crippen LogP) is 3.18. The molecule has 110 valence electrons. The summed E-state index contributed by atoms with van der Waals surface area (Å²) in [6.45, 7) is 10.1. The van der Waals surface area contributed by atoms with E-state index in [4.69, 9.17) is 0 Å². The number of thiazole rings is 1. The molecule has 1 atom stereocenters. The summed E-state index contributed by atoms with van der Waals surface area (Å²) >= 11 is 1.74. The fourth-order valence-electron chi connectivity index (χ4n) is 1.39. The smallest absolute Gasteiger partial charge is 0.191 e. The first-order valence-electron chi connectivity index (χ1n) is 6.67. The van der Waals surface area contributed by atoms with Crippen molar-refractivity contribution in [1.29, 1.82) is 0 Å². The number of aromatic nitrogens is 1. The van der Waals surface area contributed by atoms with Crippen LogP contribution in [0.25, 0.3) is 0 Å². The molecule has 0 saturated heterocycles. The van der Waals surface area contributed by atoms with Crippen molar-refractivity contribution in [2.24, 2.45) is 4.99 Å². The Hall–Kier alpha value is -0.370. The first kappa shape index (κ1) is 18.6. The van der Waals surface area contributed by atoms with Crippen LogP contribution >= 0.6 is 35.3 Å². The molecule has 0 radical (unpaired) electrons. The Kier molecular flexibility index (Phi) is 10.2. The Balaban J connectivity index is 0.00000324. The summed E-state index contributed by atoms with van der Waals surface area (Å²) in [6, 6.07) is 0.435. The Bertz CT molecular complexity index is 378. The molecule has 19 heavy (non-hydrogen) atoms. The van der Waals surface area contributed by atoms with Crippen molar-refractivity contribution in [3.63, 3.8) is 0 Å². The SMILES string of the molecule is CCNC(=NCc1ncc(CC)s1)NC(C)CC.I. The zero-order valence-electron chi connectivity index (χ0n) is 12.2. The van der Waals surface area contributed by atoms with Gasteiger partial charge in [0.1, 0.15) is 5.01 Å². The van der Waals surface area contributed by atoms with Gasteiger partial charge < -0.3 is 10.6 Å². The Morgan fingerprint density at radius 3 is 2.68 bits per heavy atom. The normalized spacial score (nSPS) is 12.7. The molecular formula is C13H25IN4S. The number of hydrogen-bond acceptors (Lipinski definition) is 3. The number of aliphatic imine (C=N–C) groups is 1. The van der Waals surface area contributed by atoms with E-state index >= 15 is 0 Å². The topological polar surface area (TPSA) is 49.3 Å². The Morgan fingerprint density at radius 1 is 1.42 bits per heavy atom. The van der Waals surface area contributed by atoms with Gasteiger partial charge in [-0.05, 0) is 26.7 Å². The Labute approximate surface area is 137 Å². The Morgan fingerprint density at radius 2 is 2.16 bits per heavy atom. The van der Waals surface area contributed by atoms with Crippen LogP contribution in [0.4, 0.5) is 0 Å². The van der Waals surface area contributed by atoms with Crippen LogP contribution in [-0.4, -0.2) is 23.5 Å². The van der Waals surface area contributed by atoms with Gasteiger partial charge in [-0.2, -0.15) is 0 Å². The summed E-state index contributed by atoms with van der Waals surface area (Å²) in [5.74, 6) is 0.875. The number of halogens is 1. The first-order chi connectivity index (χ1) is 8.69. The summed E-state index contributed by atoms with van der Waals surface area (Å²) < 4.78 is 0. The number of hydrogen-bond donors (Lipinski definition) is 2. The van der Waals surface area contributed by atoms with Gasteiger partial charge in [0.25, 0.3) is 0 Å². The monoisotopic (exact) mass is 396 g/mol. The summed E-state index contributed by atoms with van der Waals surface area (Å²) in [4.78, 5) is 10.3. The first-order valence-corrected chi connectivity index (χ1v) is 7.49. The fraction of sp³-hybridized carbons (Fsp3) is 0.692. The van der Waals surface area contributed by atoms with Gasteiger partial charge in [0.2, 0.25) is 0 Å². The van der Waals surface area contributed by atoms with E-state index < -0.39 is 0 Å². The number of nitrogens with zero attached hydrogens (tertiary/aromatic N) is 2. The van der Waals surface area contributed by atoms with Crippen molar-refractivity contribution in [3.8, 4) is 0 Å². The molecule has 0 spiro atoms. The number of rotatable bonds is 6. The van der Waals surface area contributed by atoms with Crippen LogP contribution in [0.5, 0.6) is 0 Å². The van der Waals surface area contributed by atoms with Crippen LogP contribution in [0.1, 0.15) is 44.0 Å². The van der Waals surface area contributed by atoms with Crippen molar-refractivity contribution in [2.45, 2.75) is 53.1 Å². The van der Waals surface area contributed by atoms with Crippen LogP contribution < -0.4 is 10.6 Å². The van der Waals surface area contributed by atoms with Gasteiger partial charge in [0.05, 0.1) is 6.54 Å². The van der Waals surface area contributed by atoms with E-state index in [1.54, 1.807) is 11.3 Å². The van der Waals surface area contributed by atoms with Crippen molar-refractivity contribution in [1.82, 2.24) is 15.6 Å². The zero-order chi connectivity index (χ0) is 13.4. The second-order valence-electron chi connectivity index (χ2n) is 4.22. The third kappa shape index (κ3) is 7.10. The lowest BCUT2D eigenvalue weighted by molar-refractivity contribution is 0.624. The molecule has 1 aromatic rings. The molecule has 0 fully saturated rings. The van der Waals surface area contributed by atoms with Crippen LogP contribution in [0, 0.1) is 0 Å². The minimum Gasteiger partial charge on any atom is -0.357 e. The molecule has 0 aliphatic rings. The van der Waals surface area contributed by atoms with Gasteiger partial charge in [0, 0.05) is 23.7 Å². The second kappa shape index (κ2) is 10.4. The molecule has 1 unspecified atom stereocenters. The highest BCUT2D eigenvalue weighted by molar-refractivity contribution is 14.0. The molecule has 6 heteroatoms. The lowest BCUT2D eigenvalue weighted by Crippen LogP contribution is -2.41. The van der Waals surface area contributed by atoms with Crippen LogP contribution in [0.15, 0.2) is 11.2 Å². The van der Waals surface area contributed by atoms with E-state index in [0.717, 1.165) is 30.4 Å². The molecule has 1 rings (SSSR count). The summed E-state index contributed by atoms with van der Waals surface area (Å²) in [6.07, 6.45) is 4.08. The predicted molar refractivity (Wildman–Crippen MR) is 94.6 cm³/mol. The van der Waals surface area contributed by atoms with Gasteiger partial charge in [-0.3, -0.25) is 0 Å². The molecular weight excluding hydrogens is 371 g/mol. The number of aryl methyl sites for hydroxylation is 1. The largest absolute Gasteiger partial charge is 0.357 e. The standard InChI is InChI=1S/C13H24N4S.HI/c1-5-10(4)17-13(14-7-3)16-9-12-15-8-11(6-2)18-12;/h8,10H,5-7,9H2,1-4H3,(H2,14,16,17);1H. The maximum Gasteiger partial charge on any atom is 0.191 e. The fourth-order valence-corrected chi connectivity index (χ4v) is 2.17. The lowest BCUT2D eigenvalue weighted by Gasteiger charge is -2.15. The van der Waals surface area contributed by atoms with Gasteiger partial charge in [-0.25, -0.2) is 9.98 Å². The van der Waals surface area contributed by atoms with Gasteiger partial charge >= 0.3 is 0 Å². The maximum absolute atomic E-state index is 4.56. The third-order valence-corrected chi connectivity index (χ3v) is 3.79. The van der Waals surface area contributed by atoms with Crippen LogP contribution in [0.2, 0.25) is 0 Å². The lowest BCUT2D eigenvalue weighted by atomic mass is 10.3. The van der Waals surface area contributed by atoms with Crippen LogP contribution in [-0.2, 0) is 13.0 Å². The summed E-state index contributed by atoms with van der Waals surface area (Å²) in [5.41, 5.74) is 0. The van der Waals surface area contributed by atoms with E-state index in [2.05, 4.69) is 48.3 Å². The van der Waals surface area contributed by atoms with Crippen molar-refractivity contribution < 1.29 is 0 Å².